The summed E-state index contributed by atoms with van der Waals surface area (Å²) in [4.78, 5) is 14.3. The number of benzene rings is 1. The lowest BCUT2D eigenvalue weighted by molar-refractivity contribution is 0.0698. The van der Waals surface area contributed by atoms with E-state index in [1.165, 1.54) is 6.20 Å². The van der Waals surface area contributed by atoms with E-state index in [2.05, 4.69) is 9.71 Å². The van der Waals surface area contributed by atoms with Gasteiger partial charge in [0.25, 0.3) is 10.0 Å². The van der Waals surface area contributed by atoms with Crippen LogP contribution in [-0.4, -0.2) is 24.5 Å². The summed E-state index contributed by atoms with van der Waals surface area (Å²) < 4.78 is 39.4. The molecule has 1 aromatic carbocycles. The van der Waals surface area contributed by atoms with Crippen molar-refractivity contribution in [3.8, 4) is 0 Å². The Kier molecular flexibility index (Phi) is 4.10. The molecule has 0 aliphatic carbocycles. The Morgan fingerprint density at radius 2 is 2.05 bits per heavy atom. The Morgan fingerprint density at radius 3 is 2.67 bits per heavy atom. The van der Waals surface area contributed by atoms with Crippen LogP contribution in [0.15, 0.2) is 41.6 Å². The van der Waals surface area contributed by atoms with Crippen LogP contribution >= 0.6 is 11.6 Å². The molecule has 0 fully saturated rings. The number of rotatable bonds is 4. The number of nitrogens with one attached hydrogen (secondary N) is 1. The summed E-state index contributed by atoms with van der Waals surface area (Å²) in [5.41, 5.74) is -0.489. The van der Waals surface area contributed by atoms with E-state index in [1.807, 2.05) is 0 Å². The first-order valence-corrected chi connectivity index (χ1v) is 7.32. The number of nitrogens with zero attached hydrogens (tertiary/aromatic N) is 1. The Bertz CT molecular complexity index is 811. The van der Waals surface area contributed by atoms with E-state index in [0.29, 0.717) is 0 Å². The highest BCUT2D eigenvalue weighted by Crippen LogP contribution is 2.25. The zero-order chi connectivity index (χ0) is 15.6. The molecule has 0 bridgehead atoms. The van der Waals surface area contributed by atoms with Gasteiger partial charge in [-0.2, -0.15) is 0 Å². The fraction of sp³-hybridized carbons (Fsp3) is 0. The SMILES string of the molecule is O=C(O)c1ccncc1NS(=O)(=O)c1ccc(F)cc1Cl. The average molecular weight is 331 g/mol. The number of pyridine rings is 1. The van der Waals surface area contributed by atoms with Crippen LogP contribution in [0.5, 0.6) is 0 Å². The second-order valence-electron chi connectivity index (χ2n) is 3.91. The second-order valence-corrected chi connectivity index (χ2v) is 5.96. The summed E-state index contributed by atoms with van der Waals surface area (Å²) in [7, 11) is -4.17. The predicted octanol–water partition coefficient (Wildman–Crippen LogP) is 2.37. The summed E-state index contributed by atoms with van der Waals surface area (Å²) >= 11 is 5.69. The maximum absolute atomic E-state index is 12.9. The van der Waals surface area contributed by atoms with E-state index in [4.69, 9.17) is 16.7 Å². The topological polar surface area (TPSA) is 96.4 Å². The van der Waals surface area contributed by atoms with E-state index < -0.39 is 21.8 Å². The molecule has 2 aromatic rings. The number of carboxylic acid groups (broad SMARTS) is 1. The van der Waals surface area contributed by atoms with E-state index in [0.717, 1.165) is 30.5 Å². The Morgan fingerprint density at radius 1 is 1.33 bits per heavy atom. The number of hydrogen-bond donors (Lipinski definition) is 2. The van der Waals surface area contributed by atoms with Crippen LogP contribution in [0.1, 0.15) is 10.4 Å². The van der Waals surface area contributed by atoms with E-state index in [-0.39, 0.29) is 21.2 Å². The number of carboxylic acids is 1. The minimum Gasteiger partial charge on any atom is -0.478 e. The highest BCUT2D eigenvalue weighted by Gasteiger charge is 2.21. The normalized spacial score (nSPS) is 11.1. The molecule has 0 saturated carbocycles. The average Bonchev–Trinajstić information content (AvgIpc) is 2.37. The van der Waals surface area contributed by atoms with E-state index in [1.54, 1.807) is 0 Å². The van der Waals surface area contributed by atoms with Crippen molar-refractivity contribution in [3.05, 3.63) is 53.1 Å². The first-order chi connectivity index (χ1) is 9.81. The van der Waals surface area contributed by atoms with Crippen molar-refractivity contribution in [2.24, 2.45) is 0 Å². The second kappa shape index (κ2) is 5.66. The summed E-state index contributed by atoms with van der Waals surface area (Å²) in [6.45, 7) is 0. The molecule has 6 nitrogen and oxygen atoms in total. The molecule has 0 atom stereocenters. The van der Waals surface area contributed by atoms with Gasteiger partial charge in [0.05, 0.1) is 22.5 Å². The van der Waals surface area contributed by atoms with Crippen LogP contribution in [0, 0.1) is 5.82 Å². The molecule has 0 spiro atoms. The van der Waals surface area contributed by atoms with Crippen molar-refractivity contribution >= 4 is 33.3 Å². The van der Waals surface area contributed by atoms with Gasteiger partial charge in [-0.3, -0.25) is 9.71 Å². The van der Waals surface area contributed by atoms with Crippen molar-refractivity contribution in [3.63, 3.8) is 0 Å². The number of sulfonamides is 1. The van der Waals surface area contributed by atoms with Gasteiger partial charge in [-0.15, -0.1) is 0 Å². The highest BCUT2D eigenvalue weighted by atomic mass is 35.5. The van der Waals surface area contributed by atoms with Crippen molar-refractivity contribution in [2.45, 2.75) is 4.90 Å². The van der Waals surface area contributed by atoms with Crippen LogP contribution in [-0.2, 0) is 10.0 Å². The third-order valence-electron chi connectivity index (χ3n) is 2.48. The molecule has 1 heterocycles. The Labute approximate surface area is 124 Å². The van der Waals surface area contributed by atoms with Crippen molar-refractivity contribution in [1.29, 1.82) is 0 Å². The summed E-state index contributed by atoms with van der Waals surface area (Å²) in [5, 5.41) is 8.67. The first-order valence-electron chi connectivity index (χ1n) is 5.46. The van der Waals surface area contributed by atoms with Crippen molar-refractivity contribution in [2.75, 3.05) is 4.72 Å². The maximum atomic E-state index is 12.9. The van der Waals surface area contributed by atoms with Crippen LogP contribution in [0.4, 0.5) is 10.1 Å². The molecule has 0 saturated heterocycles. The lowest BCUT2D eigenvalue weighted by Crippen LogP contribution is -2.16. The molecule has 9 heteroatoms. The van der Waals surface area contributed by atoms with Gasteiger partial charge in [-0.05, 0) is 24.3 Å². The number of aromatic nitrogens is 1. The van der Waals surface area contributed by atoms with Crippen LogP contribution < -0.4 is 4.72 Å². The van der Waals surface area contributed by atoms with Crippen molar-refractivity contribution in [1.82, 2.24) is 4.98 Å². The minimum absolute atomic E-state index is 0.217. The van der Waals surface area contributed by atoms with Gasteiger partial charge in [0.2, 0.25) is 0 Å². The highest BCUT2D eigenvalue weighted by molar-refractivity contribution is 7.92. The predicted molar refractivity (Wildman–Crippen MR) is 73.4 cm³/mol. The van der Waals surface area contributed by atoms with Gasteiger partial charge >= 0.3 is 5.97 Å². The largest absolute Gasteiger partial charge is 0.478 e. The minimum atomic E-state index is -4.17. The molecule has 1 aromatic heterocycles. The lowest BCUT2D eigenvalue weighted by Gasteiger charge is -2.11. The summed E-state index contributed by atoms with van der Waals surface area (Å²) in [6.07, 6.45) is 2.27. The molecule has 0 radical (unpaired) electrons. The van der Waals surface area contributed by atoms with Gasteiger partial charge in [0.1, 0.15) is 10.7 Å². The smallest absolute Gasteiger partial charge is 0.337 e. The molecular weight excluding hydrogens is 323 g/mol. The van der Waals surface area contributed by atoms with Crippen LogP contribution in [0.25, 0.3) is 0 Å². The fourth-order valence-electron chi connectivity index (χ4n) is 1.56. The summed E-state index contributed by atoms with van der Waals surface area (Å²) in [5.74, 6) is -2.01. The van der Waals surface area contributed by atoms with Crippen LogP contribution in [0.2, 0.25) is 5.02 Å². The monoisotopic (exact) mass is 330 g/mol. The van der Waals surface area contributed by atoms with Crippen molar-refractivity contribution < 1.29 is 22.7 Å². The molecule has 21 heavy (non-hydrogen) atoms. The molecular formula is C12H8ClFN2O4S. The Balaban J connectivity index is 2.45. The Hall–Kier alpha value is -2.19. The van der Waals surface area contributed by atoms with Gasteiger partial charge in [-0.1, -0.05) is 11.6 Å². The zero-order valence-corrected chi connectivity index (χ0v) is 11.8. The molecule has 0 aliphatic heterocycles. The van der Waals surface area contributed by atoms with Gasteiger partial charge in [0, 0.05) is 6.20 Å². The van der Waals surface area contributed by atoms with Crippen LogP contribution in [0.3, 0.4) is 0 Å². The van der Waals surface area contributed by atoms with Gasteiger partial charge in [-0.25, -0.2) is 17.6 Å². The number of anilines is 1. The van der Waals surface area contributed by atoms with Gasteiger partial charge in [0.15, 0.2) is 0 Å². The standard InChI is InChI=1S/C12H8ClFN2O4S/c13-9-5-7(14)1-2-11(9)21(19,20)16-10-6-15-4-3-8(10)12(17)18/h1-6,16H,(H,17,18). The molecule has 0 amide bonds. The van der Waals surface area contributed by atoms with Gasteiger partial charge < -0.3 is 5.11 Å². The van der Waals surface area contributed by atoms with E-state index in [9.17, 15) is 17.6 Å². The fourth-order valence-corrected chi connectivity index (χ4v) is 3.15. The molecule has 110 valence electrons. The number of aromatic carboxylic acids is 1. The number of hydrogen-bond acceptors (Lipinski definition) is 4. The quantitative estimate of drug-likeness (QED) is 0.897. The van der Waals surface area contributed by atoms with E-state index >= 15 is 0 Å². The summed E-state index contributed by atoms with van der Waals surface area (Å²) in [6, 6.07) is 3.91. The molecule has 0 aliphatic rings. The lowest BCUT2D eigenvalue weighted by atomic mass is 10.2. The number of halogens is 2. The molecule has 2 N–H and O–H groups in total. The third-order valence-corrected chi connectivity index (χ3v) is 4.33. The number of carbonyl (C=O) groups is 1. The maximum Gasteiger partial charge on any atom is 0.337 e. The molecule has 2 rings (SSSR count). The molecule has 0 unspecified atom stereocenters. The first kappa shape index (κ1) is 15.2. The third kappa shape index (κ3) is 3.29. The zero-order valence-electron chi connectivity index (χ0n) is 10.2.